The highest BCUT2D eigenvalue weighted by molar-refractivity contribution is 5.81. The highest BCUT2D eigenvalue weighted by Crippen LogP contribution is 2.10. The molecule has 2 heterocycles. The first-order valence-corrected chi connectivity index (χ1v) is 7.87. The van der Waals surface area contributed by atoms with Gasteiger partial charge in [-0.25, -0.2) is 4.79 Å². The summed E-state index contributed by atoms with van der Waals surface area (Å²) in [5.74, 6) is 0.00727. The molecule has 3 amide bonds. The topological polar surface area (TPSA) is 65.1 Å². The molecule has 124 valence electrons. The van der Waals surface area contributed by atoms with Crippen LogP contribution in [0.25, 0.3) is 0 Å². The second-order valence-electron chi connectivity index (χ2n) is 5.61. The fraction of sp³-hybridized carbons (Fsp3) is 0.733. The largest absolute Gasteiger partial charge is 0.378 e. The van der Waals surface area contributed by atoms with Crippen molar-refractivity contribution in [1.82, 2.24) is 20.0 Å². The third-order valence-corrected chi connectivity index (χ3v) is 4.21. The molecule has 0 bridgehead atoms. The Morgan fingerprint density at radius 1 is 1.14 bits per heavy atom. The lowest BCUT2D eigenvalue weighted by atomic mass is 10.2. The van der Waals surface area contributed by atoms with Gasteiger partial charge in [-0.3, -0.25) is 9.69 Å². The van der Waals surface area contributed by atoms with E-state index < -0.39 is 0 Å². The van der Waals surface area contributed by atoms with E-state index in [0.717, 1.165) is 13.1 Å². The zero-order valence-corrected chi connectivity index (χ0v) is 13.3. The Labute approximate surface area is 131 Å². The zero-order valence-electron chi connectivity index (χ0n) is 13.3. The lowest BCUT2D eigenvalue weighted by molar-refractivity contribution is -0.126. The van der Waals surface area contributed by atoms with Gasteiger partial charge in [0.05, 0.1) is 19.3 Å². The molecule has 0 aromatic heterocycles. The first-order chi connectivity index (χ1) is 10.6. The Bertz CT molecular complexity index is 402. The van der Waals surface area contributed by atoms with Crippen molar-refractivity contribution < 1.29 is 14.3 Å². The molecule has 2 aliphatic heterocycles. The van der Waals surface area contributed by atoms with Gasteiger partial charge in [0.2, 0.25) is 5.91 Å². The third kappa shape index (κ3) is 4.20. The summed E-state index contributed by atoms with van der Waals surface area (Å²) in [5.41, 5.74) is 0. The van der Waals surface area contributed by atoms with Crippen LogP contribution in [0.3, 0.4) is 0 Å². The van der Waals surface area contributed by atoms with Gasteiger partial charge in [0.25, 0.3) is 0 Å². The Hall–Kier alpha value is -1.60. The number of ether oxygens (including phenoxy) is 1. The van der Waals surface area contributed by atoms with Crippen molar-refractivity contribution in [1.29, 1.82) is 0 Å². The molecule has 22 heavy (non-hydrogen) atoms. The van der Waals surface area contributed by atoms with E-state index in [-0.39, 0.29) is 18.0 Å². The van der Waals surface area contributed by atoms with Crippen LogP contribution < -0.4 is 5.32 Å². The standard InChI is InChI=1S/C15H26N4O3/c1-3-4-16-14(20)13(2)17-5-7-18(8-6-17)15(21)19-9-11-22-12-10-19/h3,13H,1,4-12H2,2H3,(H,16,20). The molecular weight excluding hydrogens is 284 g/mol. The summed E-state index contributed by atoms with van der Waals surface area (Å²) < 4.78 is 5.27. The smallest absolute Gasteiger partial charge is 0.320 e. The van der Waals surface area contributed by atoms with Crippen molar-refractivity contribution in [2.24, 2.45) is 0 Å². The molecule has 2 fully saturated rings. The van der Waals surface area contributed by atoms with Gasteiger partial charge >= 0.3 is 6.03 Å². The van der Waals surface area contributed by atoms with Crippen molar-refractivity contribution >= 4 is 11.9 Å². The summed E-state index contributed by atoms with van der Waals surface area (Å²) >= 11 is 0. The van der Waals surface area contributed by atoms with E-state index in [9.17, 15) is 9.59 Å². The highest BCUT2D eigenvalue weighted by atomic mass is 16.5. The fourth-order valence-electron chi connectivity index (χ4n) is 2.74. The summed E-state index contributed by atoms with van der Waals surface area (Å²) in [6, 6.07) is -0.0905. The van der Waals surface area contributed by atoms with Crippen LogP contribution in [0.1, 0.15) is 6.92 Å². The van der Waals surface area contributed by atoms with Crippen molar-refractivity contribution in [2.75, 3.05) is 59.0 Å². The van der Waals surface area contributed by atoms with Gasteiger partial charge in [-0.2, -0.15) is 0 Å². The number of carbonyl (C=O) groups excluding carboxylic acids is 2. The molecule has 0 aliphatic carbocycles. The predicted octanol–water partition coefficient (Wildman–Crippen LogP) is -0.253. The monoisotopic (exact) mass is 310 g/mol. The fourth-order valence-corrected chi connectivity index (χ4v) is 2.74. The second-order valence-corrected chi connectivity index (χ2v) is 5.61. The number of urea groups is 1. The zero-order chi connectivity index (χ0) is 15.9. The van der Waals surface area contributed by atoms with Crippen LogP contribution in [0.5, 0.6) is 0 Å². The normalized spacial score (nSPS) is 21.3. The molecule has 2 saturated heterocycles. The van der Waals surface area contributed by atoms with Gasteiger partial charge in [-0.05, 0) is 6.92 Å². The quantitative estimate of drug-likeness (QED) is 0.727. The molecule has 2 rings (SSSR count). The van der Waals surface area contributed by atoms with E-state index in [4.69, 9.17) is 4.74 Å². The van der Waals surface area contributed by atoms with Crippen LogP contribution >= 0.6 is 0 Å². The van der Waals surface area contributed by atoms with Gasteiger partial charge in [0, 0.05) is 45.8 Å². The molecule has 0 radical (unpaired) electrons. The summed E-state index contributed by atoms with van der Waals surface area (Å²) in [6.45, 7) is 11.3. The molecule has 1 unspecified atom stereocenters. The van der Waals surface area contributed by atoms with E-state index in [0.29, 0.717) is 45.9 Å². The number of nitrogens with one attached hydrogen (secondary N) is 1. The lowest BCUT2D eigenvalue weighted by Crippen LogP contribution is -2.58. The van der Waals surface area contributed by atoms with Crippen LogP contribution in [-0.4, -0.2) is 91.7 Å². The van der Waals surface area contributed by atoms with Crippen LogP contribution in [0.4, 0.5) is 4.79 Å². The lowest BCUT2D eigenvalue weighted by Gasteiger charge is -2.40. The summed E-state index contributed by atoms with van der Waals surface area (Å²) in [4.78, 5) is 30.2. The van der Waals surface area contributed by atoms with Crippen LogP contribution in [0.15, 0.2) is 12.7 Å². The van der Waals surface area contributed by atoms with E-state index in [1.165, 1.54) is 0 Å². The average molecular weight is 310 g/mol. The van der Waals surface area contributed by atoms with Gasteiger partial charge in [0.1, 0.15) is 0 Å². The van der Waals surface area contributed by atoms with Crippen LogP contribution in [-0.2, 0) is 9.53 Å². The minimum absolute atomic E-state index is 0.00727. The second kappa shape index (κ2) is 8.14. The van der Waals surface area contributed by atoms with Crippen molar-refractivity contribution in [3.63, 3.8) is 0 Å². The van der Waals surface area contributed by atoms with Crippen molar-refractivity contribution in [2.45, 2.75) is 13.0 Å². The van der Waals surface area contributed by atoms with Crippen LogP contribution in [0.2, 0.25) is 0 Å². The Morgan fingerprint density at radius 3 is 2.32 bits per heavy atom. The summed E-state index contributed by atoms with van der Waals surface area (Å²) in [7, 11) is 0. The molecule has 2 aliphatic rings. The number of piperazine rings is 1. The Kier molecular flexibility index (Phi) is 6.21. The highest BCUT2D eigenvalue weighted by Gasteiger charge is 2.29. The maximum absolute atomic E-state index is 12.4. The maximum atomic E-state index is 12.4. The van der Waals surface area contributed by atoms with E-state index in [1.54, 1.807) is 6.08 Å². The molecule has 1 atom stereocenters. The molecule has 0 aromatic rings. The SMILES string of the molecule is C=CCNC(=O)C(C)N1CCN(C(=O)N2CCOCC2)CC1. The summed E-state index contributed by atoms with van der Waals surface area (Å²) in [6.07, 6.45) is 1.67. The molecule has 7 heteroatoms. The number of nitrogens with zero attached hydrogens (tertiary/aromatic N) is 3. The van der Waals surface area contributed by atoms with E-state index in [2.05, 4.69) is 16.8 Å². The minimum Gasteiger partial charge on any atom is -0.378 e. The predicted molar refractivity (Wildman–Crippen MR) is 83.6 cm³/mol. The number of hydrogen-bond donors (Lipinski definition) is 1. The van der Waals surface area contributed by atoms with Gasteiger partial charge in [0.15, 0.2) is 0 Å². The third-order valence-electron chi connectivity index (χ3n) is 4.21. The molecule has 0 saturated carbocycles. The number of carbonyl (C=O) groups is 2. The molecule has 0 aromatic carbocycles. The van der Waals surface area contributed by atoms with Gasteiger partial charge < -0.3 is 19.9 Å². The number of morpholine rings is 1. The first-order valence-electron chi connectivity index (χ1n) is 7.87. The van der Waals surface area contributed by atoms with Crippen LogP contribution in [0, 0.1) is 0 Å². The maximum Gasteiger partial charge on any atom is 0.320 e. The molecule has 1 N–H and O–H groups in total. The first kappa shape index (κ1) is 16.8. The number of hydrogen-bond acceptors (Lipinski definition) is 4. The van der Waals surface area contributed by atoms with Gasteiger partial charge in [-0.15, -0.1) is 6.58 Å². The van der Waals surface area contributed by atoms with Crippen molar-refractivity contribution in [3.05, 3.63) is 12.7 Å². The molecular formula is C15H26N4O3. The summed E-state index contributed by atoms with van der Waals surface area (Å²) in [5, 5.41) is 2.81. The van der Waals surface area contributed by atoms with Gasteiger partial charge in [-0.1, -0.05) is 6.08 Å². The number of amides is 3. The Morgan fingerprint density at radius 2 is 1.73 bits per heavy atom. The average Bonchev–Trinajstić information content (AvgIpc) is 2.59. The Balaban J connectivity index is 1.78. The molecule has 0 spiro atoms. The van der Waals surface area contributed by atoms with E-state index in [1.807, 2.05) is 16.7 Å². The molecule has 7 nitrogen and oxygen atoms in total. The number of rotatable bonds is 4. The van der Waals surface area contributed by atoms with E-state index >= 15 is 0 Å². The van der Waals surface area contributed by atoms with Crippen molar-refractivity contribution in [3.8, 4) is 0 Å². The minimum atomic E-state index is -0.180.